The summed E-state index contributed by atoms with van der Waals surface area (Å²) >= 11 is 1.69. The summed E-state index contributed by atoms with van der Waals surface area (Å²) in [4.78, 5) is 56.4. The number of aryl methyl sites for hydroxylation is 1. The van der Waals surface area contributed by atoms with Crippen molar-refractivity contribution in [2.24, 2.45) is 0 Å². The number of thiophene rings is 1. The second kappa shape index (κ2) is 19.3. The van der Waals surface area contributed by atoms with Crippen LogP contribution in [-0.4, -0.2) is 106 Å². The Bertz CT molecular complexity index is 1740. The van der Waals surface area contributed by atoms with Crippen LogP contribution < -0.4 is 4.74 Å². The number of ether oxygens (including phenoxy) is 1. The van der Waals surface area contributed by atoms with Crippen LogP contribution in [0.15, 0.2) is 72.8 Å². The normalized spacial score (nSPS) is 14.2. The van der Waals surface area contributed by atoms with Crippen LogP contribution in [0, 0.1) is 0 Å². The lowest BCUT2D eigenvalue weighted by Crippen LogP contribution is -2.25. The van der Waals surface area contributed by atoms with Crippen LogP contribution in [0.3, 0.4) is 0 Å². The van der Waals surface area contributed by atoms with E-state index in [9.17, 15) is 4.79 Å². The molecule has 2 fully saturated rings. The number of carbonyl (C=O) groups excluding carboxylic acids is 1. The highest BCUT2D eigenvalue weighted by atomic mass is 32.1. The lowest BCUT2D eigenvalue weighted by molar-refractivity contribution is -0.159. The van der Waals surface area contributed by atoms with E-state index in [1.807, 2.05) is 36.4 Å². The van der Waals surface area contributed by atoms with Gasteiger partial charge in [0.1, 0.15) is 12.4 Å². The van der Waals surface area contributed by atoms with Gasteiger partial charge in [0.15, 0.2) is 5.78 Å². The first kappa shape index (κ1) is 38.7. The van der Waals surface area contributed by atoms with Crippen LogP contribution in [0.2, 0.25) is 0 Å². The highest BCUT2D eigenvalue weighted by molar-refractivity contribution is 7.22. The van der Waals surface area contributed by atoms with Crippen molar-refractivity contribution in [3.05, 3.63) is 89.5 Å². The molecule has 0 unspecified atom stereocenters. The van der Waals surface area contributed by atoms with Gasteiger partial charge in [0.25, 0.3) is 0 Å². The van der Waals surface area contributed by atoms with E-state index in [0.29, 0.717) is 6.61 Å². The second-order valence-corrected chi connectivity index (χ2v) is 13.2. The number of carbonyl (C=O) groups is 5. The molecule has 0 atom stereocenters. The third-order valence-electron chi connectivity index (χ3n) is 8.53. The van der Waals surface area contributed by atoms with Crippen molar-refractivity contribution in [2.75, 3.05) is 45.9 Å². The Kier molecular flexibility index (Phi) is 14.7. The molecule has 3 aromatic carbocycles. The minimum Gasteiger partial charge on any atom is -0.492 e. The highest BCUT2D eigenvalue weighted by Crippen LogP contribution is 2.40. The van der Waals surface area contributed by atoms with Crippen LogP contribution in [0.4, 0.5) is 0 Å². The van der Waals surface area contributed by atoms with E-state index in [0.717, 1.165) is 50.4 Å². The quantitative estimate of drug-likeness (QED) is 0.111. The first-order valence-corrected chi connectivity index (χ1v) is 17.6. The fourth-order valence-electron chi connectivity index (χ4n) is 5.96. The topological polar surface area (TPSA) is 182 Å². The zero-order chi connectivity index (χ0) is 36.8. The predicted octanol–water partition coefficient (Wildman–Crippen LogP) is 5.61. The molecule has 51 heavy (non-hydrogen) atoms. The number of carboxylic acid groups (broad SMARTS) is 4. The largest absolute Gasteiger partial charge is 0.492 e. The van der Waals surface area contributed by atoms with Gasteiger partial charge >= 0.3 is 23.9 Å². The van der Waals surface area contributed by atoms with Crippen molar-refractivity contribution >= 4 is 51.1 Å². The summed E-state index contributed by atoms with van der Waals surface area (Å²) in [5.41, 5.74) is 3.93. The molecule has 2 aliphatic rings. The van der Waals surface area contributed by atoms with Gasteiger partial charge in [0, 0.05) is 32.6 Å². The third kappa shape index (κ3) is 11.7. The third-order valence-corrected chi connectivity index (χ3v) is 9.75. The van der Waals surface area contributed by atoms with Crippen molar-refractivity contribution in [3.8, 4) is 16.2 Å². The number of nitrogens with zero attached hydrogens (tertiary/aromatic N) is 2. The summed E-state index contributed by atoms with van der Waals surface area (Å²) in [6, 6.07) is 24.8. The van der Waals surface area contributed by atoms with Crippen LogP contribution in [-0.2, 0) is 25.6 Å². The minimum atomic E-state index is -1.82. The lowest BCUT2D eigenvalue weighted by atomic mass is 9.96. The first-order valence-electron chi connectivity index (χ1n) is 16.8. The number of ketones is 1. The van der Waals surface area contributed by atoms with Crippen molar-refractivity contribution in [2.45, 2.75) is 38.5 Å². The molecule has 13 heteroatoms. The van der Waals surface area contributed by atoms with E-state index in [-0.39, 0.29) is 5.78 Å². The molecule has 0 spiro atoms. The van der Waals surface area contributed by atoms with Gasteiger partial charge in [-0.3, -0.25) is 9.69 Å². The number of hydrogen-bond donors (Lipinski definition) is 4. The first-order chi connectivity index (χ1) is 24.5. The zero-order valence-corrected chi connectivity index (χ0v) is 29.0. The number of benzene rings is 3. The molecule has 2 saturated heterocycles. The summed E-state index contributed by atoms with van der Waals surface area (Å²) in [6.45, 7) is 7.73. The number of likely N-dealkylation sites (tertiary alicyclic amines) is 2. The summed E-state index contributed by atoms with van der Waals surface area (Å²) in [7, 11) is 0. The van der Waals surface area contributed by atoms with E-state index in [1.54, 1.807) is 11.3 Å². The summed E-state index contributed by atoms with van der Waals surface area (Å²) < 4.78 is 7.16. The Balaban J connectivity index is 0.000000420. The van der Waals surface area contributed by atoms with Crippen molar-refractivity contribution in [1.29, 1.82) is 0 Å². The summed E-state index contributed by atoms with van der Waals surface area (Å²) in [5, 5.41) is 30.6. The number of aliphatic carboxylic acids is 4. The Morgan fingerprint density at radius 3 is 1.73 bits per heavy atom. The number of carboxylic acids is 4. The zero-order valence-electron chi connectivity index (χ0n) is 28.2. The molecule has 4 aromatic rings. The lowest BCUT2D eigenvalue weighted by Gasteiger charge is -2.15. The molecule has 0 aliphatic carbocycles. The van der Waals surface area contributed by atoms with Gasteiger partial charge < -0.3 is 30.1 Å². The molecule has 0 bridgehead atoms. The molecule has 1 aromatic heterocycles. The molecule has 4 N–H and O–H groups in total. The van der Waals surface area contributed by atoms with Gasteiger partial charge in [0.2, 0.25) is 0 Å². The van der Waals surface area contributed by atoms with Crippen molar-refractivity contribution in [1.82, 2.24) is 9.80 Å². The van der Waals surface area contributed by atoms with Gasteiger partial charge in [0.05, 0.1) is 0 Å². The molecule has 2 aliphatic heterocycles. The smallest absolute Gasteiger partial charge is 0.414 e. The highest BCUT2D eigenvalue weighted by Gasteiger charge is 2.22. The maximum atomic E-state index is 13.9. The Labute approximate surface area is 299 Å². The summed E-state index contributed by atoms with van der Waals surface area (Å²) in [6.07, 6.45) is 7.51. The Morgan fingerprint density at radius 1 is 0.647 bits per heavy atom. The molecule has 6 rings (SSSR count). The van der Waals surface area contributed by atoms with E-state index < -0.39 is 23.9 Å². The van der Waals surface area contributed by atoms with E-state index in [2.05, 4.69) is 46.2 Å². The van der Waals surface area contributed by atoms with Gasteiger partial charge in [-0.1, -0.05) is 42.5 Å². The second-order valence-electron chi connectivity index (χ2n) is 12.1. The Morgan fingerprint density at radius 2 is 1.18 bits per heavy atom. The minimum absolute atomic E-state index is 0.0945. The van der Waals surface area contributed by atoms with Gasteiger partial charge in [-0.15, -0.1) is 11.3 Å². The van der Waals surface area contributed by atoms with Crippen molar-refractivity contribution < 1.29 is 49.1 Å². The van der Waals surface area contributed by atoms with Crippen LogP contribution >= 0.6 is 11.3 Å². The number of rotatable bonds is 11. The molecular formula is C38H42N2O10S. The van der Waals surface area contributed by atoms with Crippen LogP contribution in [0.5, 0.6) is 5.75 Å². The average Bonchev–Trinajstić information content (AvgIpc) is 3.91. The van der Waals surface area contributed by atoms with Crippen molar-refractivity contribution in [3.63, 3.8) is 0 Å². The molecule has 3 heterocycles. The molecule has 0 amide bonds. The Hall–Kier alpha value is -5.11. The monoisotopic (exact) mass is 718 g/mol. The predicted molar refractivity (Wildman–Crippen MR) is 193 cm³/mol. The van der Waals surface area contributed by atoms with E-state index >= 15 is 0 Å². The SMILES string of the molecule is O=C(O)C(=O)O.O=C(O)C(=O)O.O=C(c1ccc(CCCN2CCCC2)cc1)c1c(-c2ccc(OCCN3CCCC3)cc2)sc2ccccc12. The van der Waals surface area contributed by atoms with E-state index in [1.165, 1.54) is 70.4 Å². The van der Waals surface area contributed by atoms with Gasteiger partial charge in [-0.05, 0) is 113 Å². The van der Waals surface area contributed by atoms with E-state index in [4.69, 9.17) is 44.3 Å². The summed E-state index contributed by atoms with van der Waals surface area (Å²) in [5.74, 6) is -6.32. The maximum absolute atomic E-state index is 13.9. The molecule has 270 valence electrons. The molecule has 12 nitrogen and oxygen atoms in total. The van der Waals surface area contributed by atoms with Crippen LogP contribution in [0.25, 0.3) is 20.5 Å². The fourth-order valence-corrected chi connectivity index (χ4v) is 7.16. The fraction of sp³-hybridized carbons (Fsp3) is 0.342. The number of fused-ring (bicyclic) bond motifs is 1. The molecule has 0 radical (unpaired) electrons. The van der Waals surface area contributed by atoms with Gasteiger partial charge in [-0.2, -0.15) is 0 Å². The molecule has 0 saturated carbocycles. The maximum Gasteiger partial charge on any atom is 0.414 e. The standard InChI is InChI=1S/C34H38N2O2S.2C2H2O4/c37-33(27-13-11-26(12-14-27)8-7-23-35-19-3-4-20-35)32-30-9-1-2-10-31(30)39-34(32)28-15-17-29(18-16-28)38-25-24-36-21-5-6-22-36;2*3-1(4)2(5)6/h1-2,9-18H,3-8,19-25H2;2*(H,3,4)(H,5,6). The van der Waals surface area contributed by atoms with Crippen LogP contribution in [0.1, 0.15) is 53.6 Å². The van der Waals surface area contributed by atoms with Gasteiger partial charge in [-0.25, -0.2) is 19.2 Å². The average molecular weight is 719 g/mol. The molecular weight excluding hydrogens is 676 g/mol. The number of hydrogen-bond acceptors (Lipinski definition) is 9.